The molecule has 1 N–H and O–H groups in total. The number of fused-ring (bicyclic) bond motifs is 1. The Kier molecular flexibility index (Phi) is 2.95. The molecule has 0 saturated carbocycles. The molecule has 1 unspecified atom stereocenters. The number of aryl methyl sites for hydroxylation is 1. The van der Waals surface area contributed by atoms with Gasteiger partial charge in [0, 0.05) is 17.5 Å². The second kappa shape index (κ2) is 4.59. The Hall–Kier alpha value is -1.19. The summed E-state index contributed by atoms with van der Waals surface area (Å²) in [5.41, 5.74) is 2.43. The minimum atomic E-state index is -0.123. The third-order valence-electron chi connectivity index (χ3n) is 3.29. The molecule has 1 aliphatic carbocycles. The normalized spacial score (nSPS) is 18.3. The molecule has 0 aliphatic heterocycles. The molecule has 0 spiro atoms. The highest BCUT2D eigenvalue weighted by atomic mass is 32.1. The number of halogens is 1. The van der Waals surface area contributed by atoms with Crippen LogP contribution in [0.3, 0.4) is 0 Å². The Bertz CT molecular complexity index is 507. The summed E-state index contributed by atoms with van der Waals surface area (Å²) in [4.78, 5) is 1.35. The number of benzene rings is 1. The lowest BCUT2D eigenvalue weighted by atomic mass is 10.1. The van der Waals surface area contributed by atoms with Gasteiger partial charge in [0.1, 0.15) is 5.82 Å². The quantitative estimate of drug-likeness (QED) is 0.872. The molecule has 17 heavy (non-hydrogen) atoms. The first kappa shape index (κ1) is 10.9. The molecule has 0 radical (unpaired) electrons. The molecule has 1 aromatic heterocycles. The van der Waals surface area contributed by atoms with Crippen LogP contribution >= 0.6 is 11.3 Å². The van der Waals surface area contributed by atoms with Crippen LogP contribution in [0.5, 0.6) is 0 Å². The van der Waals surface area contributed by atoms with Gasteiger partial charge >= 0.3 is 0 Å². The Balaban J connectivity index is 1.71. The highest BCUT2D eigenvalue weighted by Gasteiger charge is 2.22. The fraction of sp³-hybridized carbons (Fsp3) is 0.286. The van der Waals surface area contributed by atoms with Crippen LogP contribution in [-0.4, -0.2) is 0 Å². The zero-order chi connectivity index (χ0) is 11.7. The minimum Gasteiger partial charge on any atom is -0.305 e. The zero-order valence-corrected chi connectivity index (χ0v) is 10.3. The van der Waals surface area contributed by atoms with E-state index in [2.05, 4.69) is 22.8 Å². The first-order valence-corrected chi connectivity index (χ1v) is 6.75. The average molecular weight is 247 g/mol. The summed E-state index contributed by atoms with van der Waals surface area (Å²) in [5.74, 6) is -0.123. The predicted molar refractivity (Wildman–Crippen MR) is 68.6 cm³/mol. The summed E-state index contributed by atoms with van der Waals surface area (Å²) in [6.07, 6.45) is 2.05. The lowest BCUT2D eigenvalue weighted by molar-refractivity contribution is 0.533. The molecule has 0 bridgehead atoms. The standard InChI is InChI=1S/C14H14FNS/c15-11-4-5-13-10(8-11)3-6-14(13)16-9-12-2-1-7-17-12/h1-2,4-5,7-8,14,16H,3,6,9H2. The monoisotopic (exact) mass is 247 g/mol. The summed E-state index contributed by atoms with van der Waals surface area (Å²) < 4.78 is 13.1. The number of hydrogen-bond donors (Lipinski definition) is 1. The number of hydrogen-bond acceptors (Lipinski definition) is 2. The molecule has 3 heteroatoms. The second-order valence-electron chi connectivity index (χ2n) is 4.39. The van der Waals surface area contributed by atoms with Crippen LogP contribution < -0.4 is 5.32 Å². The third kappa shape index (κ3) is 2.26. The van der Waals surface area contributed by atoms with Crippen molar-refractivity contribution in [1.82, 2.24) is 5.32 Å². The van der Waals surface area contributed by atoms with Gasteiger partial charge in [0.2, 0.25) is 0 Å². The first-order chi connectivity index (χ1) is 8.33. The van der Waals surface area contributed by atoms with Gasteiger partial charge in [0.15, 0.2) is 0 Å². The van der Waals surface area contributed by atoms with Crippen molar-refractivity contribution in [3.05, 3.63) is 57.5 Å². The maximum absolute atomic E-state index is 13.1. The van der Waals surface area contributed by atoms with E-state index in [1.165, 1.54) is 10.4 Å². The van der Waals surface area contributed by atoms with Crippen molar-refractivity contribution in [1.29, 1.82) is 0 Å². The summed E-state index contributed by atoms with van der Waals surface area (Å²) in [5, 5.41) is 5.64. The van der Waals surface area contributed by atoms with Crippen molar-refractivity contribution >= 4 is 11.3 Å². The van der Waals surface area contributed by atoms with Gasteiger partial charge in [-0.05, 0) is 47.5 Å². The molecule has 0 saturated heterocycles. The number of nitrogens with one attached hydrogen (secondary N) is 1. The molecular weight excluding hydrogens is 233 g/mol. The maximum Gasteiger partial charge on any atom is 0.123 e. The van der Waals surface area contributed by atoms with Crippen LogP contribution in [0.4, 0.5) is 4.39 Å². The Morgan fingerprint density at radius 1 is 1.35 bits per heavy atom. The van der Waals surface area contributed by atoms with Crippen LogP contribution in [-0.2, 0) is 13.0 Å². The molecule has 2 aromatic rings. The van der Waals surface area contributed by atoms with E-state index in [0.29, 0.717) is 6.04 Å². The molecule has 88 valence electrons. The smallest absolute Gasteiger partial charge is 0.123 e. The van der Waals surface area contributed by atoms with E-state index in [1.54, 1.807) is 23.5 Å². The van der Waals surface area contributed by atoms with E-state index >= 15 is 0 Å². The third-order valence-corrected chi connectivity index (χ3v) is 4.16. The molecule has 1 heterocycles. The predicted octanol–water partition coefficient (Wildman–Crippen LogP) is 3.66. The lowest BCUT2D eigenvalue weighted by Crippen LogP contribution is -2.17. The van der Waals surface area contributed by atoms with Gasteiger partial charge in [-0.3, -0.25) is 0 Å². The van der Waals surface area contributed by atoms with E-state index < -0.39 is 0 Å². The van der Waals surface area contributed by atoms with Crippen LogP contribution in [0.2, 0.25) is 0 Å². The van der Waals surface area contributed by atoms with E-state index in [9.17, 15) is 4.39 Å². The molecule has 0 fully saturated rings. The topological polar surface area (TPSA) is 12.0 Å². The van der Waals surface area contributed by atoms with Gasteiger partial charge < -0.3 is 5.32 Å². The van der Waals surface area contributed by atoms with Crippen molar-refractivity contribution in [2.45, 2.75) is 25.4 Å². The highest BCUT2D eigenvalue weighted by molar-refractivity contribution is 7.09. The van der Waals surface area contributed by atoms with Crippen molar-refractivity contribution < 1.29 is 4.39 Å². The highest BCUT2D eigenvalue weighted by Crippen LogP contribution is 2.31. The summed E-state index contributed by atoms with van der Waals surface area (Å²) in [7, 11) is 0. The molecule has 1 aliphatic rings. The number of rotatable bonds is 3. The SMILES string of the molecule is Fc1ccc2c(c1)CCC2NCc1cccs1. The van der Waals surface area contributed by atoms with Crippen molar-refractivity contribution in [3.8, 4) is 0 Å². The Labute approximate surface area is 104 Å². The summed E-state index contributed by atoms with van der Waals surface area (Å²) >= 11 is 1.77. The van der Waals surface area contributed by atoms with E-state index in [0.717, 1.165) is 24.9 Å². The fourth-order valence-corrected chi connectivity index (χ4v) is 3.09. The molecule has 0 amide bonds. The van der Waals surface area contributed by atoms with Crippen LogP contribution in [0, 0.1) is 5.82 Å². The lowest BCUT2D eigenvalue weighted by Gasteiger charge is -2.13. The van der Waals surface area contributed by atoms with Gasteiger partial charge in [-0.15, -0.1) is 11.3 Å². The maximum atomic E-state index is 13.1. The second-order valence-corrected chi connectivity index (χ2v) is 5.43. The average Bonchev–Trinajstić information content (AvgIpc) is 2.94. The van der Waals surface area contributed by atoms with E-state index in [1.807, 2.05) is 6.07 Å². The summed E-state index contributed by atoms with van der Waals surface area (Å²) in [6.45, 7) is 0.902. The van der Waals surface area contributed by atoms with Crippen LogP contribution in [0.1, 0.15) is 28.5 Å². The molecule has 1 aromatic carbocycles. The van der Waals surface area contributed by atoms with Crippen LogP contribution in [0.25, 0.3) is 0 Å². The number of thiophene rings is 1. The van der Waals surface area contributed by atoms with Gasteiger partial charge in [-0.25, -0.2) is 4.39 Å². The van der Waals surface area contributed by atoms with Gasteiger partial charge in [-0.2, -0.15) is 0 Å². The molecular formula is C14H14FNS. The summed E-state index contributed by atoms with van der Waals surface area (Å²) in [6, 6.07) is 9.74. The van der Waals surface area contributed by atoms with Gasteiger partial charge in [-0.1, -0.05) is 12.1 Å². The Morgan fingerprint density at radius 3 is 3.12 bits per heavy atom. The van der Waals surface area contributed by atoms with Gasteiger partial charge in [0.05, 0.1) is 0 Å². The van der Waals surface area contributed by atoms with E-state index in [4.69, 9.17) is 0 Å². The van der Waals surface area contributed by atoms with E-state index in [-0.39, 0.29) is 5.82 Å². The fourth-order valence-electron chi connectivity index (χ4n) is 2.44. The van der Waals surface area contributed by atoms with Crippen LogP contribution in [0.15, 0.2) is 35.7 Å². The molecule has 3 rings (SSSR count). The van der Waals surface area contributed by atoms with Gasteiger partial charge in [0.25, 0.3) is 0 Å². The molecule has 1 atom stereocenters. The Morgan fingerprint density at radius 2 is 2.29 bits per heavy atom. The minimum absolute atomic E-state index is 0.123. The zero-order valence-electron chi connectivity index (χ0n) is 9.45. The van der Waals surface area contributed by atoms with Crippen molar-refractivity contribution in [2.24, 2.45) is 0 Å². The molecule has 1 nitrogen and oxygen atoms in total. The first-order valence-electron chi connectivity index (χ1n) is 5.87. The van der Waals surface area contributed by atoms with Crippen molar-refractivity contribution in [3.63, 3.8) is 0 Å². The largest absolute Gasteiger partial charge is 0.305 e. The van der Waals surface area contributed by atoms with Crippen molar-refractivity contribution in [2.75, 3.05) is 0 Å².